The lowest BCUT2D eigenvalue weighted by Crippen LogP contribution is -2.24. The number of hydrogen-bond acceptors (Lipinski definition) is 4. The first-order chi connectivity index (χ1) is 14.1. The Bertz CT molecular complexity index is 815. The molecule has 1 amide bonds. The number of carbonyl (C=O) groups excluding carboxylic acids is 1. The minimum Gasteiger partial charge on any atom is -0.493 e. The molecule has 0 unspecified atom stereocenters. The van der Waals surface area contributed by atoms with E-state index in [1.54, 1.807) is 0 Å². The normalized spacial score (nSPS) is 19.8. The van der Waals surface area contributed by atoms with Crippen LogP contribution in [-0.2, 0) is 4.79 Å². The first kappa shape index (κ1) is 19.6. The number of carbonyl (C=O) groups is 1. The Morgan fingerprint density at radius 1 is 1.07 bits per heavy atom. The maximum atomic E-state index is 11.1. The average molecular weight is 395 g/mol. The Balaban J connectivity index is 1.27. The van der Waals surface area contributed by atoms with Crippen LogP contribution in [0.1, 0.15) is 44.1 Å². The van der Waals surface area contributed by atoms with Crippen molar-refractivity contribution < 1.29 is 14.3 Å². The number of benzene rings is 2. The predicted octanol–water partition coefficient (Wildman–Crippen LogP) is 4.11. The molecule has 1 saturated carbocycles. The molecule has 1 heterocycles. The van der Waals surface area contributed by atoms with E-state index in [1.807, 2.05) is 31.2 Å². The highest BCUT2D eigenvalue weighted by molar-refractivity contribution is 5.74. The maximum absolute atomic E-state index is 11.1. The van der Waals surface area contributed by atoms with Gasteiger partial charge in [0.2, 0.25) is 5.91 Å². The summed E-state index contributed by atoms with van der Waals surface area (Å²) >= 11 is 0. The first-order valence-corrected chi connectivity index (χ1v) is 10.6. The fourth-order valence-electron chi connectivity index (χ4n) is 3.80. The molecular weight excluding hydrogens is 364 g/mol. The van der Waals surface area contributed by atoms with Crippen LogP contribution in [-0.4, -0.2) is 31.7 Å². The molecule has 1 saturated heterocycles. The largest absolute Gasteiger partial charge is 0.493 e. The van der Waals surface area contributed by atoms with E-state index in [9.17, 15) is 4.79 Å². The Kier molecular flexibility index (Phi) is 5.93. The number of nitrogens with two attached hydrogens (primary N) is 1. The molecule has 0 radical (unpaired) electrons. The van der Waals surface area contributed by atoms with Gasteiger partial charge in [-0.1, -0.05) is 19.1 Å². The fourth-order valence-corrected chi connectivity index (χ4v) is 3.80. The minimum atomic E-state index is -0.272. The summed E-state index contributed by atoms with van der Waals surface area (Å²) < 4.78 is 12.0. The smallest absolute Gasteiger partial charge is 0.218 e. The van der Waals surface area contributed by atoms with Gasteiger partial charge in [-0.25, -0.2) is 0 Å². The topological polar surface area (TPSA) is 64.8 Å². The lowest BCUT2D eigenvalue weighted by Gasteiger charge is -2.20. The van der Waals surface area contributed by atoms with E-state index in [4.69, 9.17) is 15.2 Å². The van der Waals surface area contributed by atoms with Gasteiger partial charge in [0.1, 0.15) is 17.6 Å². The van der Waals surface area contributed by atoms with Crippen LogP contribution in [0.4, 0.5) is 5.69 Å². The second-order valence-corrected chi connectivity index (χ2v) is 8.36. The lowest BCUT2D eigenvalue weighted by molar-refractivity contribution is -0.118. The molecule has 29 heavy (non-hydrogen) atoms. The molecule has 4 rings (SSSR count). The Morgan fingerprint density at radius 2 is 1.76 bits per heavy atom. The zero-order chi connectivity index (χ0) is 20.2. The highest BCUT2D eigenvalue weighted by atomic mass is 16.5. The van der Waals surface area contributed by atoms with Crippen molar-refractivity contribution >= 4 is 11.6 Å². The SMILES string of the molecule is C[C@@H](CC(N)=O)c1ccc(O[C@@H]2CCN(c3ccc(OCC4CC4)cc3)C2)cc1. The van der Waals surface area contributed by atoms with Crippen molar-refractivity contribution in [1.82, 2.24) is 0 Å². The zero-order valence-corrected chi connectivity index (χ0v) is 17.0. The van der Waals surface area contributed by atoms with Gasteiger partial charge >= 0.3 is 0 Å². The minimum absolute atomic E-state index is 0.125. The number of rotatable bonds is 9. The van der Waals surface area contributed by atoms with Crippen LogP contribution in [0, 0.1) is 5.92 Å². The van der Waals surface area contributed by atoms with Crippen LogP contribution in [0.15, 0.2) is 48.5 Å². The van der Waals surface area contributed by atoms with Crippen molar-refractivity contribution in [3.8, 4) is 11.5 Å². The molecule has 5 heteroatoms. The lowest BCUT2D eigenvalue weighted by atomic mass is 9.97. The molecule has 2 aromatic carbocycles. The van der Waals surface area contributed by atoms with Crippen molar-refractivity contribution in [2.24, 2.45) is 11.7 Å². The number of nitrogens with zero attached hydrogens (tertiary/aromatic N) is 1. The van der Waals surface area contributed by atoms with E-state index >= 15 is 0 Å². The summed E-state index contributed by atoms with van der Waals surface area (Å²) in [6.07, 6.45) is 4.15. The van der Waals surface area contributed by atoms with Gasteiger partial charge in [0.25, 0.3) is 0 Å². The summed E-state index contributed by atoms with van der Waals surface area (Å²) in [6.45, 7) is 4.72. The van der Waals surface area contributed by atoms with E-state index in [2.05, 4.69) is 29.2 Å². The second-order valence-electron chi connectivity index (χ2n) is 8.36. The van der Waals surface area contributed by atoms with Gasteiger partial charge in [-0.3, -0.25) is 4.79 Å². The molecule has 154 valence electrons. The number of hydrogen-bond donors (Lipinski definition) is 1. The quantitative estimate of drug-likeness (QED) is 0.695. The number of amides is 1. The Labute approximate surface area is 172 Å². The van der Waals surface area contributed by atoms with Crippen LogP contribution < -0.4 is 20.1 Å². The monoisotopic (exact) mass is 394 g/mol. The fraction of sp³-hybridized carbons (Fsp3) is 0.458. The van der Waals surface area contributed by atoms with Crippen molar-refractivity contribution in [3.63, 3.8) is 0 Å². The maximum Gasteiger partial charge on any atom is 0.218 e. The summed E-state index contributed by atoms with van der Waals surface area (Å²) in [5.41, 5.74) is 7.61. The molecule has 2 N–H and O–H groups in total. The standard InChI is InChI=1S/C24H30N2O3/c1-17(14-24(25)27)19-4-8-22(9-5-19)29-23-12-13-26(15-23)20-6-10-21(11-7-20)28-16-18-2-3-18/h4-11,17-18,23H,2-3,12-16H2,1H3,(H2,25,27)/t17-,23+/m0/s1. The van der Waals surface area contributed by atoms with Crippen LogP contribution in [0.2, 0.25) is 0 Å². The van der Waals surface area contributed by atoms with Crippen LogP contribution in [0.5, 0.6) is 11.5 Å². The third-order valence-corrected chi connectivity index (χ3v) is 5.79. The molecule has 0 aromatic heterocycles. The summed E-state index contributed by atoms with van der Waals surface area (Å²) in [6, 6.07) is 16.4. The molecule has 2 aliphatic rings. The third kappa shape index (κ3) is 5.43. The molecule has 2 atom stereocenters. The van der Waals surface area contributed by atoms with E-state index in [-0.39, 0.29) is 17.9 Å². The van der Waals surface area contributed by atoms with E-state index < -0.39 is 0 Å². The molecule has 1 aliphatic heterocycles. The molecule has 0 bridgehead atoms. The van der Waals surface area contributed by atoms with Crippen LogP contribution in [0.3, 0.4) is 0 Å². The van der Waals surface area contributed by atoms with E-state index in [0.29, 0.717) is 6.42 Å². The van der Waals surface area contributed by atoms with Gasteiger partial charge in [0, 0.05) is 25.1 Å². The van der Waals surface area contributed by atoms with Crippen molar-refractivity contribution in [2.75, 3.05) is 24.6 Å². The average Bonchev–Trinajstić information content (AvgIpc) is 3.44. The molecule has 2 aromatic rings. The van der Waals surface area contributed by atoms with E-state index in [0.717, 1.165) is 49.1 Å². The highest BCUT2D eigenvalue weighted by Crippen LogP contribution is 2.30. The van der Waals surface area contributed by atoms with Gasteiger partial charge in [-0.15, -0.1) is 0 Å². The van der Waals surface area contributed by atoms with E-state index in [1.165, 1.54) is 18.5 Å². The zero-order valence-electron chi connectivity index (χ0n) is 17.0. The summed E-state index contributed by atoms with van der Waals surface area (Å²) in [4.78, 5) is 13.5. The van der Waals surface area contributed by atoms with Gasteiger partial charge in [-0.05, 0) is 66.6 Å². The molecule has 0 spiro atoms. The molecular formula is C24H30N2O3. The van der Waals surface area contributed by atoms with Crippen molar-refractivity contribution in [3.05, 3.63) is 54.1 Å². The summed E-state index contributed by atoms with van der Waals surface area (Å²) in [5, 5.41) is 0. The van der Waals surface area contributed by atoms with Gasteiger partial charge in [0.05, 0.1) is 13.2 Å². The Morgan fingerprint density at radius 3 is 2.41 bits per heavy atom. The predicted molar refractivity (Wildman–Crippen MR) is 115 cm³/mol. The highest BCUT2D eigenvalue weighted by Gasteiger charge is 2.25. The van der Waals surface area contributed by atoms with Crippen molar-refractivity contribution in [2.45, 2.75) is 44.6 Å². The summed E-state index contributed by atoms with van der Waals surface area (Å²) in [7, 11) is 0. The number of ether oxygens (including phenoxy) is 2. The summed E-state index contributed by atoms with van der Waals surface area (Å²) in [5.74, 6) is 2.45. The molecule has 5 nitrogen and oxygen atoms in total. The van der Waals surface area contributed by atoms with Gasteiger partial charge in [0.15, 0.2) is 0 Å². The molecule has 1 aliphatic carbocycles. The van der Waals surface area contributed by atoms with Crippen LogP contribution in [0.25, 0.3) is 0 Å². The third-order valence-electron chi connectivity index (χ3n) is 5.79. The van der Waals surface area contributed by atoms with Crippen LogP contribution >= 0.6 is 0 Å². The number of primary amides is 1. The molecule has 2 fully saturated rings. The second kappa shape index (κ2) is 8.76. The van der Waals surface area contributed by atoms with Crippen molar-refractivity contribution in [1.29, 1.82) is 0 Å². The van der Waals surface area contributed by atoms with Gasteiger partial charge in [-0.2, -0.15) is 0 Å². The first-order valence-electron chi connectivity index (χ1n) is 10.6. The number of anilines is 1. The Hall–Kier alpha value is -2.69. The van der Waals surface area contributed by atoms with Gasteiger partial charge < -0.3 is 20.1 Å².